The van der Waals surface area contributed by atoms with Crippen LogP contribution in [0.15, 0.2) is 29.2 Å². The standard InChI is InChI=1S/C17H26N2O4S/c1-17(2,3)23-16(20)18-19-24(21,22)15-11-9-14(10-12-15)13-7-5-4-6-8-13/h9-13,19H,4-8H2,1-3H3,(H,18,20). The lowest BCUT2D eigenvalue weighted by Crippen LogP contribution is -2.44. The molecule has 1 amide bonds. The second-order valence-corrected chi connectivity index (χ2v) is 8.82. The van der Waals surface area contributed by atoms with Crippen LogP contribution in [0.4, 0.5) is 4.79 Å². The van der Waals surface area contributed by atoms with E-state index in [1.54, 1.807) is 32.9 Å². The molecule has 0 aromatic heterocycles. The van der Waals surface area contributed by atoms with Crippen LogP contribution in [-0.4, -0.2) is 20.1 Å². The third-order valence-electron chi connectivity index (χ3n) is 3.95. The van der Waals surface area contributed by atoms with Crippen molar-refractivity contribution >= 4 is 16.1 Å². The van der Waals surface area contributed by atoms with Gasteiger partial charge in [0.1, 0.15) is 5.60 Å². The Bertz CT molecular complexity index is 657. The first-order valence-electron chi connectivity index (χ1n) is 8.28. The number of rotatable bonds is 4. The van der Waals surface area contributed by atoms with E-state index in [1.165, 1.54) is 24.8 Å². The Hall–Kier alpha value is -1.60. The van der Waals surface area contributed by atoms with Crippen molar-refractivity contribution in [3.05, 3.63) is 29.8 Å². The van der Waals surface area contributed by atoms with Gasteiger partial charge in [0.05, 0.1) is 4.90 Å². The van der Waals surface area contributed by atoms with E-state index in [-0.39, 0.29) is 4.90 Å². The summed E-state index contributed by atoms with van der Waals surface area (Å²) in [5.74, 6) is 0.517. The number of sulfonamides is 1. The molecular weight excluding hydrogens is 328 g/mol. The molecule has 134 valence electrons. The van der Waals surface area contributed by atoms with Crippen LogP contribution in [-0.2, 0) is 14.8 Å². The van der Waals surface area contributed by atoms with Crippen LogP contribution in [0, 0.1) is 0 Å². The number of benzene rings is 1. The van der Waals surface area contributed by atoms with Crippen LogP contribution in [0.2, 0.25) is 0 Å². The van der Waals surface area contributed by atoms with Gasteiger partial charge in [-0.15, -0.1) is 4.83 Å². The maximum Gasteiger partial charge on any atom is 0.423 e. The summed E-state index contributed by atoms with van der Waals surface area (Å²) in [6.07, 6.45) is 5.21. The van der Waals surface area contributed by atoms with Crippen molar-refractivity contribution in [1.82, 2.24) is 10.3 Å². The molecule has 7 heteroatoms. The first kappa shape index (κ1) is 18.7. The molecule has 0 atom stereocenters. The molecular formula is C17H26N2O4S. The summed E-state index contributed by atoms with van der Waals surface area (Å²) >= 11 is 0. The summed E-state index contributed by atoms with van der Waals surface area (Å²) in [5, 5.41) is 0. The minimum atomic E-state index is -3.82. The molecule has 1 fully saturated rings. The van der Waals surface area contributed by atoms with Crippen molar-refractivity contribution in [2.24, 2.45) is 0 Å². The number of carbonyl (C=O) groups is 1. The van der Waals surface area contributed by atoms with Gasteiger partial charge in [0.15, 0.2) is 0 Å². The third-order valence-corrected chi connectivity index (χ3v) is 5.22. The molecule has 0 spiro atoms. The highest BCUT2D eigenvalue weighted by Gasteiger charge is 2.20. The van der Waals surface area contributed by atoms with E-state index in [2.05, 4.69) is 5.43 Å². The van der Waals surface area contributed by atoms with Crippen LogP contribution in [0.1, 0.15) is 64.4 Å². The lowest BCUT2D eigenvalue weighted by molar-refractivity contribution is 0.0515. The van der Waals surface area contributed by atoms with Crippen LogP contribution in [0.5, 0.6) is 0 Å². The lowest BCUT2D eigenvalue weighted by Gasteiger charge is -2.22. The fraction of sp³-hybridized carbons (Fsp3) is 0.588. The molecule has 0 saturated heterocycles. The molecule has 1 aromatic carbocycles. The summed E-state index contributed by atoms with van der Waals surface area (Å²) in [5.41, 5.74) is 2.53. The number of hydrogen-bond acceptors (Lipinski definition) is 4. The minimum Gasteiger partial charge on any atom is -0.443 e. The second-order valence-electron chi connectivity index (χ2n) is 7.14. The molecule has 1 aliphatic carbocycles. The maximum absolute atomic E-state index is 12.2. The number of amides is 1. The topological polar surface area (TPSA) is 84.5 Å². The van der Waals surface area contributed by atoms with Gasteiger partial charge in [-0.3, -0.25) is 0 Å². The average molecular weight is 354 g/mol. The molecule has 24 heavy (non-hydrogen) atoms. The van der Waals surface area contributed by atoms with Crippen molar-refractivity contribution in [3.8, 4) is 0 Å². The van der Waals surface area contributed by atoms with Crippen molar-refractivity contribution in [2.45, 2.75) is 69.3 Å². The van der Waals surface area contributed by atoms with Gasteiger partial charge in [-0.1, -0.05) is 31.4 Å². The molecule has 0 aliphatic heterocycles. The molecule has 0 heterocycles. The van der Waals surface area contributed by atoms with Gasteiger partial charge in [-0.2, -0.15) is 0 Å². The maximum atomic E-state index is 12.2. The van der Waals surface area contributed by atoms with Gasteiger partial charge >= 0.3 is 6.09 Å². The summed E-state index contributed by atoms with van der Waals surface area (Å²) in [6, 6.07) is 6.86. The monoisotopic (exact) mass is 354 g/mol. The zero-order valence-corrected chi connectivity index (χ0v) is 15.3. The largest absolute Gasteiger partial charge is 0.443 e. The van der Waals surface area contributed by atoms with E-state index >= 15 is 0 Å². The molecule has 6 nitrogen and oxygen atoms in total. The normalized spacial score (nSPS) is 16.6. The van der Waals surface area contributed by atoms with Crippen molar-refractivity contribution in [3.63, 3.8) is 0 Å². The minimum absolute atomic E-state index is 0.109. The van der Waals surface area contributed by atoms with Gasteiger partial charge < -0.3 is 4.74 Å². The van der Waals surface area contributed by atoms with Crippen molar-refractivity contribution < 1.29 is 17.9 Å². The predicted molar refractivity (Wildman–Crippen MR) is 92.0 cm³/mol. The number of ether oxygens (including phenoxy) is 1. The smallest absolute Gasteiger partial charge is 0.423 e. The molecule has 0 unspecified atom stereocenters. The number of hydrazine groups is 1. The molecule has 1 aliphatic rings. The molecule has 1 aromatic rings. The van der Waals surface area contributed by atoms with Crippen molar-refractivity contribution in [1.29, 1.82) is 0 Å². The van der Waals surface area contributed by atoms with Gasteiger partial charge in [-0.25, -0.2) is 18.6 Å². The predicted octanol–water partition coefficient (Wildman–Crippen LogP) is 3.45. The SMILES string of the molecule is CC(C)(C)OC(=O)NNS(=O)(=O)c1ccc(C2CCCCC2)cc1. The Labute approximate surface area is 144 Å². The highest BCUT2D eigenvalue weighted by atomic mass is 32.2. The first-order valence-corrected chi connectivity index (χ1v) is 9.76. The van der Waals surface area contributed by atoms with Gasteiger partial charge in [0, 0.05) is 0 Å². The highest BCUT2D eigenvalue weighted by molar-refractivity contribution is 7.89. The Kier molecular flexibility index (Phi) is 5.87. The molecule has 0 radical (unpaired) electrons. The third kappa shape index (κ3) is 5.49. The Morgan fingerprint density at radius 3 is 2.21 bits per heavy atom. The number of nitrogens with one attached hydrogen (secondary N) is 2. The zero-order chi connectivity index (χ0) is 17.8. The quantitative estimate of drug-likeness (QED) is 0.811. The van der Waals surface area contributed by atoms with E-state index < -0.39 is 21.7 Å². The summed E-state index contributed by atoms with van der Waals surface area (Å²) in [6.45, 7) is 5.10. The summed E-state index contributed by atoms with van der Waals surface area (Å²) in [4.78, 5) is 13.7. The second kappa shape index (κ2) is 7.53. The Morgan fingerprint density at radius 1 is 1.08 bits per heavy atom. The number of carbonyl (C=O) groups excluding carboxylic acids is 1. The Morgan fingerprint density at radius 2 is 1.67 bits per heavy atom. The van der Waals surface area contributed by atoms with Gasteiger partial charge in [-0.05, 0) is 57.2 Å². The number of hydrogen-bond donors (Lipinski definition) is 2. The van der Waals surface area contributed by atoms with E-state index in [9.17, 15) is 13.2 Å². The summed E-state index contributed by atoms with van der Waals surface area (Å²) < 4.78 is 29.4. The lowest BCUT2D eigenvalue weighted by atomic mass is 9.84. The van der Waals surface area contributed by atoms with Crippen molar-refractivity contribution in [2.75, 3.05) is 0 Å². The van der Waals surface area contributed by atoms with E-state index in [4.69, 9.17) is 4.74 Å². The van der Waals surface area contributed by atoms with E-state index in [0.29, 0.717) is 5.92 Å². The van der Waals surface area contributed by atoms with Gasteiger partial charge in [0.2, 0.25) is 0 Å². The summed E-state index contributed by atoms with van der Waals surface area (Å²) in [7, 11) is -3.82. The Balaban J connectivity index is 1.97. The fourth-order valence-electron chi connectivity index (χ4n) is 2.83. The molecule has 0 bridgehead atoms. The molecule has 1 saturated carbocycles. The van der Waals surface area contributed by atoms with Crippen LogP contribution >= 0.6 is 0 Å². The first-order chi connectivity index (χ1) is 11.2. The van der Waals surface area contributed by atoms with Crippen LogP contribution < -0.4 is 10.3 Å². The van der Waals surface area contributed by atoms with E-state index in [1.807, 2.05) is 17.0 Å². The van der Waals surface area contributed by atoms with Crippen LogP contribution in [0.25, 0.3) is 0 Å². The average Bonchev–Trinajstić information content (AvgIpc) is 2.52. The molecule has 2 rings (SSSR count). The van der Waals surface area contributed by atoms with Gasteiger partial charge in [0.25, 0.3) is 10.0 Å². The molecule has 2 N–H and O–H groups in total. The fourth-order valence-corrected chi connectivity index (χ4v) is 3.66. The zero-order valence-electron chi connectivity index (χ0n) is 14.5. The van der Waals surface area contributed by atoms with E-state index in [0.717, 1.165) is 12.8 Å². The highest BCUT2D eigenvalue weighted by Crippen LogP contribution is 2.32. The van der Waals surface area contributed by atoms with Crippen LogP contribution in [0.3, 0.4) is 0 Å².